The number of carbonyl (C=O) groups is 1. The Kier molecular flexibility index (Phi) is 8.63. The first-order chi connectivity index (χ1) is 17.6. The number of carbonyl (C=O) groups excluding carboxylic acids is 1. The molecule has 1 amide bonds. The molecule has 0 spiro atoms. The van der Waals surface area contributed by atoms with Gasteiger partial charge < -0.3 is 4.57 Å². The smallest absolute Gasteiger partial charge is 0.229 e. The Balaban J connectivity index is 0.00000320. The van der Waals surface area contributed by atoms with Crippen molar-refractivity contribution < 1.29 is 13.6 Å². The Bertz CT molecular complexity index is 1410. The fourth-order valence-electron chi connectivity index (χ4n) is 4.30. The molecular weight excluding hydrogens is 514 g/mol. The van der Waals surface area contributed by atoms with Crippen LogP contribution in [0.3, 0.4) is 0 Å². The number of anilines is 1. The van der Waals surface area contributed by atoms with Crippen molar-refractivity contribution in [1.82, 2.24) is 14.5 Å². The molecule has 5 nitrogen and oxygen atoms in total. The maximum absolute atomic E-state index is 14.4. The molecule has 0 saturated carbocycles. The molecule has 0 aliphatic rings. The highest BCUT2D eigenvalue weighted by Crippen LogP contribution is 2.34. The molecular formula is C28H25ClF2N4OS. The third-order valence-corrected chi connectivity index (χ3v) is 7.10. The van der Waals surface area contributed by atoms with E-state index in [0.717, 1.165) is 28.5 Å². The van der Waals surface area contributed by atoms with Crippen molar-refractivity contribution in [2.24, 2.45) is 0 Å². The van der Waals surface area contributed by atoms with Gasteiger partial charge in [-0.1, -0.05) is 72.0 Å². The average molecular weight is 539 g/mol. The number of hydrogen-bond donors (Lipinski definition) is 0. The second kappa shape index (κ2) is 12.1. The number of imidazole rings is 1. The lowest BCUT2D eigenvalue weighted by molar-refractivity contribution is -0.118. The number of aromatic nitrogens is 3. The maximum Gasteiger partial charge on any atom is 0.229 e. The van der Waals surface area contributed by atoms with E-state index in [-0.39, 0.29) is 36.2 Å². The average Bonchev–Trinajstić information content (AvgIpc) is 3.56. The zero-order valence-electron chi connectivity index (χ0n) is 19.8. The third kappa shape index (κ3) is 6.21. The summed E-state index contributed by atoms with van der Waals surface area (Å²) in [4.78, 5) is 23.9. The molecule has 0 atom stereocenters. The molecule has 5 aromatic rings. The summed E-state index contributed by atoms with van der Waals surface area (Å²) in [6, 6.07) is 21.9. The third-order valence-electron chi connectivity index (χ3n) is 6.07. The second-order valence-electron chi connectivity index (χ2n) is 8.51. The van der Waals surface area contributed by atoms with Crippen LogP contribution in [0.1, 0.15) is 29.9 Å². The largest absolute Gasteiger partial charge is 0.337 e. The van der Waals surface area contributed by atoms with Crippen LogP contribution in [0.2, 0.25) is 0 Å². The molecule has 37 heavy (non-hydrogen) atoms. The van der Waals surface area contributed by atoms with Crippen LogP contribution in [-0.2, 0) is 11.3 Å². The number of fused-ring (bicyclic) bond motifs is 1. The van der Waals surface area contributed by atoms with Gasteiger partial charge in [-0.3, -0.25) is 9.69 Å². The summed E-state index contributed by atoms with van der Waals surface area (Å²) < 4.78 is 30.5. The predicted molar refractivity (Wildman–Crippen MR) is 145 cm³/mol. The standard InChI is InChI=1S/C28H24F2N4OS.ClH/c29-22-16-24(30)27-25(17-22)36-28(32-27)34(14-7-13-33-15-12-31-19-33)26(35)18-23(20-8-3-1-4-9-20)21-10-5-2-6-11-21;/h1-6,8-12,15-17,19,23H,7,13-14,18H2;1H. The van der Waals surface area contributed by atoms with Gasteiger partial charge in [0.2, 0.25) is 5.91 Å². The van der Waals surface area contributed by atoms with Crippen LogP contribution in [0.4, 0.5) is 13.9 Å². The Morgan fingerprint density at radius 1 is 1.00 bits per heavy atom. The Morgan fingerprint density at radius 2 is 1.68 bits per heavy atom. The van der Waals surface area contributed by atoms with Gasteiger partial charge in [0.15, 0.2) is 10.9 Å². The SMILES string of the molecule is Cl.O=C(CC(c1ccccc1)c1ccccc1)N(CCCn1ccnc1)c1nc2c(F)cc(F)cc2s1. The maximum atomic E-state index is 14.4. The zero-order chi connectivity index (χ0) is 24.9. The molecule has 3 aromatic carbocycles. The highest BCUT2D eigenvalue weighted by atomic mass is 35.5. The van der Waals surface area contributed by atoms with Gasteiger partial charge in [-0.2, -0.15) is 0 Å². The molecule has 5 rings (SSSR count). The minimum atomic E-state index is -0.732. The molecule has 2 heterocycles. The van der Waals surface area contributed by atoms with Crippen molar-refractivity contribution in [3.05, 3.63) is 114 Å². The van der Waals surface area contributed by atoms with Gasteiger partial charge in [0, 0.05) is 43.9 Å². The van der Waals surface area contributed by atoms with E-state index in [1.165, 1.54) is 6.07 Å². The van der Waals surface area contributed by atoms with Gasteiger partial charge in [-0.05, 0) is 23.6 Å². The quantitative estimate of drug-likeness (QED) is 0.206. The summed E-state index contributed by atoms with van der Waals surface area (Å²) in [6.45, 7) is 1.05. The fourth-order valence-corrected chi connectivity index (χ4v) is 5.35. The number of hydrogen-bond acceptors (Lipinski definition) is 4. The first-order valence-corrected chi connectivity index (χ1v) is 12.5. The number of halogens is 3. The van der Waals surface area contributed by atoms with Gasteiger partial charge in [0.25, 0.3) is 0 Å². The van der Waals surface area contributed by atoms with E-state index in [0.29, 0.717) is 29.3 Å². The van der Waals surface area contributed by atoms with Crippen molar-refractivity contribution in [3.8, 4) is 0 Å². The Hall–Kier alpha value is -3.62. The van der Waals surface area contributed by atoms with Crippen molar-refractivity contribution in [2.75, 3.05) is 11.4 Å². The lowest BCUT2D eigenvalue weighted by atomic mass is 9.88. The van der Waals surface area contributed by atoms with E-state index < -0.39 is 11.6 Å². The summed E-state index contributed by atoms with van der Waals surface area (Å²) in [5, 5.41) is 0.366. The summed E-state index contributed by atoms with van der Waals surface area (Å²) in [5.41, 5.74) is 2.15. The molecule has 0 aliphatic carbocycles. The highest BCUT2D eigenvalue weighted by Gasteiger charge is 2.25. The van der Waals surface area contributed by atoms with Crippen LogP contribution >= 0.6 is 23.7 Å². The zero-order valence-corrected chi connectivity index (χ0v) is 21.5. The minimum absolute atomic E-state index is 0. The van der Waals surface area contributed by atoms with Crippen molar-refractivity contribution in [2.45, 2.75) is 25.3 Å². The molecule has 190 valence electrons. The van der Waals surface area contributed by atoms with Crippen LogP contribution in [-0.4, -0.2) is 27.0 Å². The Morgan fingerprint density at radius 3 is 2.30 bits per heavy atom. The number of thiazole rings is 1. The normalized spacial score (nSPS) is 11.0. The monoisotopic (exact) mass is 538 g/mol. The van der Waals surface area contributed by atoms with Crippen molar-refractivity contribution in [3.63, 3.8) is 0 Å². The number of amides is 1. The van der Waals surface area contributed by atoms with E-state index in [1.54, 1.807) is 17.4 Å². The van der Waals surface area contributed by atoms with E-state index in [9.17, 15) is 13.6 Å². The molecule has 0 saturated heterocycles. The molecule has 0 fully saturated rings. The summed E-state index contributed by atoms with van der Waals surface area (Å²) >= 11 is 1.12. The minimum Gasteiger partial charge on any atom is -0.337 e. The molecule has 0 bridgehead atoms. The topological polar surface area (TPSA) is 51.0 Å². The number of benzene rings is 3. The van der Waals surface area contributed by atoms with Gasteiger partial charge in [0.1, 0.15) is 11.3 Å². The van der Waals surface area contributed by atoms with Gasteiger partial charge >= 0.3 is 0 Å². The van der Waals surface area contributed by atoms with Crippen LogP contribution in [0.25, 0.3) is 10.2 Å². The van der Waals surface area contributed by atoms with E-state index in [1.807, 2.05) is 71.4 Å². The second-order valence-corrected chi connectivity index (χ2v) is 9.52. The summed E-state index contributed by atoms with van der Waals surface area (Å²) in [6.07, 6.45) is 6.16. The summed E-state index contributed by atoms with van der Waals surface area (Å²) in [7, 11) is 0. The van der Waals surface area contributed by atoms with Crippen molar-refractivity contribution >= 4 is 45.0 Å². The Labute approximate surface area is 223 Å². The molecule has 0 aliphatic heterocycles. The first kappa shape index (κ1) is 26.4. The molecule has 0 unspecified atom stereocenters. The number of nitrogens with zero attached hydrogens (tertiary/aromatic N) is 4. The van der Waals surface area contributed by atoms with Gasteiger partial charge in [0.05, 0.1) is 11.0 Å². The fraction of sp³-hybridized carbons (Fsp3) is 0.179. The van der Waals surface area contributed by atoms with E-state index >= 15 is 0 Å². The lowest BCUT2D eigenvalue weighted by Crippen LogP contribution is -2.33. The highest BCUT2D eigenvalue weighted by molar-refractivity contribution is 7.22. The van der Waals surface area contributed by atoms with Crippen LogP contribution in [0, 0.1) is 11.6 Å². The molecule has 9 heteroatoms. The molecule has 0 radical (unpaired) electrons. The van der Waals surface area contributed by atoms with Crippen LogP contribution in [0.5, 0.6) is 0 Å². The van der Waals surface area contributed by atoms with E-state index in [2.05, 4.69) is 9.97 Å². The first-order valence-electron chi connectivity index (χ1n) is 11.7. The summed E-state index contributed by atoms with van der Waals surface area (Å²) in [5.74, 6) is -1.68. The van der Waals surface area contributed by atoms with Crippen molar-refractivity contribution in [1.29, 1.82) is 0 Å². The molecule has 2 aromatic heterocycles. The number of rotatable bonds is 9. The van der Waals surface area contributed by atoms with Gasteiger partial charge in [-0.25, -0.2) is 18.7 Å². The van der Waals surface area contributed by atoms with Gasteiger partial charge in [-0.15, -0.1) is 12.4 Å². The molecule has 0 N–H and O–H groups in total. The van der Waals surface area contributed by atoms with Crippen LogP contribution in [0.15, 0.2) is 91.5 Å². The van der Waals surface area contributed by atoms with Crippen LogP contribution < -0.4 is 4.90 Å². The van der Waals surface area contributed by atoms with E-state index in [4.69, 9.17) is 0 Å². The predicted octanol–water partition coefficient (Wildman–Crippen LogP) is 6.84. The number of aryl methyl sites for hydroxylation is 1. The lowest BCUT2D eigenvalue weighted by Gasteiger charge is -2.24.